The second kappa shape index (κ2) is 6.14. The number of benzene rings is 1. The molecular formula is C14H20N2O3. The highest BCUT2D eigenvalue weighted by atomic mass is 16.5. The molecule has 0 radical (unpaired) electrons. The van der Waals surface area contributed by atoms with E-state index in [2.05, 4.69) is 5.32 Å². The first-order valence-corrected chi connectivity index (χ1v) is 6.46. The molecule has 19 heavy (non-hydrogen) atoms. The van der Waals surface area contributed by atoms with Crippen molar-refractivity contribution >= 4 is 5.91 Å². The van der Waals surface area contributed by atoms with E-state index in [4.69, 9.17) is 10.5 Å². The van der Waals surface area contributed by atoms with E-state index in [-0.39, 0.29) is 19.1 Å². The van der Waals surface area contributed by atoms with Gasteiger partial charge in [0.15, 0.2) is 0 Å². The average Bonchev–Trinajstić information content (AvgIpc) is 2.84. The molecule has 1 fully saturated rings. The van der Waals surface area contributed by atoms with Gasteiger partial charge < -0.3 is 20.9 Å². The Labute approximate surface area is 112 Å². The lowest BCUT2D eigenvalue weighted by Crippen LogP contribution is -2.49. The summed E-state index contributed by atoms with van der Waals surface area (Å²) in [5.41, 5.74) is 5.93. The summed E-state index contributed by atoms with van der Waals surface area (Å²) in [7, 11) is 0. The molecule has 4 N–H and O–H groups in total. The number of rotatable bonds is 5. The van der Waals surface area contributed by atoms with Crippen LogP contribution in [0, 0.1) is 0 Å². The van der Waals surface area contributed by atoms with Gasteiger partial charge in [-0.3, -0.25) is 4.79 Å². The van der Waals surface area contributed by atoms with E-state index in [1.807, 2.05) is 30.3 Å². The third-order valence-corrected chi connectivity index (χ3v) is 3.31. The van der Waals surface area contributed by atoms with E-state index in [0.29, 0.717) is 19.4 Å². The first kappa shape index (κ1) is 14.0. The quantitative estimate of drug-likeness (QED) is 0.689. The molecule has 1 aromatic carbocycles. The SMILES string of the molecule is N[C@@H](Cc1ccccc1)C(=O)NCC1(O)CCOC1. The van der Waals surface area contributed by atoms with Gasteiger partial charge in [0.1, 0.15) is 5.60 Å². The Balaban J connectivity index is 1.79. The summed E-state index contributed by atoms with van der Waals surface area (Å²) in [5, 5.41) is 12.7. The first-order valence-electron chi connectivity index (χ1n) is 6.46. The van der Waals surface area contributed by atoms with E-state index >= 15 is 0 Å². The molecule has 1 aromatic rings. The van der Waals surface area contributed by atoms with Gasteiger partial charge in [-0.25, -0.2) is 0 Å². The summed E-state index contributed by atoms with van der Waals surface area (Å²) in [5.74, 6) is -0.246. The molecule has 1 saturated heterocycles. The third-order valence-electron chi connectivity index (χ3n) is 3.31. The Kier molecular flexibility index (Phi) is 4.52. The van der Waals surface area contributed by atoms with Crippen molar-refractivity contribution in [3.8, 4) is 0 Å². The van der Waals surface area contributed by atoms with Crippen molar-refractivity contribution in [3.05, 3.63) is 35.9 Å². The Bertz CT molecular complexity index is 416. The zero-order valence-electron chi connectivity index (χ0n) is 10.8. The van der Waals surface area contributed by atoms with Crippen LogP contribution in [0.4, 0.5) is 0 Å². The Morgan fingerprint density at radius 1 is 1.47 bits per heavy atom. The van der Waals surface area contributed by atoms with Crippen molar-refractivity contribution in [2.75, 3.05) is 19.8 Å². The predicted molar refractivity (Wildman–Crippen MR) is 71.5 cm³/mol. The van der Waals surface area contributed by atoms with Gasteiger partial charge >= 0.3 is 0 Å². The largest absolute Gasteiger partial charge is 0.386 e. The summed E-state index contributed by atoms with van der Waals surface area (Å²) in [6, 6.07) is 9.02. The molecule has 1 unspecified atom stereocenters. The van der Waals surface area contributed by atoms with Crippen molar-refractivity contribution < 1.29 is 14.6 Å². The number of nitrogens with two attached hydrogens (primary N) is 1. The number of amides is 1. The van der Waals surface area contributed by atoms with Crippen LogP contribution in [0.2, 0.25) is 0 Å². The fourth-order valence-corrected chi connectivity index (χ4v) is 2.08. The second-order valence-electron chi connectivity index (χ2n) is 5.04. The molecule has 2 atom stereocenters. The predicted octanol–water partition coefficient (Wildman–Crippen LogP) is -0.176. The van der Waals surface area contributed by atoms with Crippen LogP contribution < -0.4 is 11.1 Å². The summed E-state index contributed by atoms with van der Waals surface area (Å²) >= 11 is 0. The van der Waals surface area contributed by atoms with Crippen LogP contribution in [0.15, 0.2) is 30.3 Å². The number of hydrogen-bond donors (Lipinski definition) is 3. The minimum Gasteiger partial charge on any atom is -0.386 e. The van der Waals surface area contributed by atoms with Crippen molar-refractivity contribution in [1.82, 2.24) is 5.32 Å². The number of ether oxygens (including phenoxy) is 1. The normalized spacial score (nSPS) is 24.1. The van der Waals surface area contributed by atoms with Crippen LogP contribution >= 0.6 is 0 Å². The van der Waals surface area contributed by atoms with Gasteiger partial charge in [0.2, 0.25) is 5.91 Å². The number of hydrogen-bond acceptors (Lipinski definition) is 4. The highest BCUT2D eigenvalue weighted by Gasteiger charge is 2.32. The standard InChI is InChI=1S/C14H20N2O3/c15-12(8-11-4-2-1-3-5-11)13(17)16-9-14(18)6-7-19-10-14/h1-5,12,18H,6-10,15H2,(H,16,17)/t12-,14?/m0/s1. The van der Waals surface area contributed by atoms with E-state index in [1.165, 1.54) is 0 Å². The maximum absolute atomic E-state index is 11.9. The number of nitrogens with one attached hydrogen (secondary N) is 1. The van der Waals surface area contributed by atoms with Gasteiger partial charge in [0.05, 0.1) is 12.6 Å². The van der Waals surface area contributed by atoms with Crippen molar-refractivity contribution in [2.24, 2.45) is 5.73 Å². The van der Waals surface area contributed by atoms with E-state index in [9.17, 15) is 9.90 Å². The molecule has 1 heterocycles. The van der Waals surface area contributed by atoms with Gasteiger partial charge in [-0.2, -0.15) is 0 Å². The maximum atomic E-state index is 11.9. The minimum absolute atomic E-state index is 0.189. The van der Waals surface area contributed by atoms with E-state index in [0.717, 1.165) is 5.56 Å². The monoisotopic (exact) mass is 264 g/mol. The number of carbonyl (C=O) groups is 1. The van der Waals surface area contributed by atoms with Crippen LogP contribution in [0.25, 0.3) is 0 Å². The third kappa shape index (κ3) is 4.02. The molecule has 1 aliphatic rings. The summed E-state index contributed by atoms with van der Waals surface area (Å²) in [6.07, 6.45) is 1.03. The first-order chi connectivity index (χ1) is 9.09. The second-order valence-corrected chi connectivity index (χ2v) is 5.04. The lowest BCUT2D eigenvalue weighted by atomic mass is 10.0. The number of aliphatic hydroxyl groups is 1. The fraction of sp³-hybridized carbons (Fsp3) is 0.500. The lowest BCUT2D eigenvalue weighted by molar-refractivity contribution is -0.123. The Morgan fingerprint density at radius 2 is 2.21 bits per heavy atom. The van der Waals surface area contributed by atoms with Crippen molar-refractivity contribution in [2.45, 2.75) is 24.5 Å². The molecule has 0 bridgehead atoms. The topological polar surface area (TPSA) is 84.6 Å². The van der Waals surface area contributed by atoms with E-state index < -0.39 is 11.6 Å². The summed E-state index contributed by atoms with van der Waals surface area (Å²) < 4.78 is 5.12. The maximum Gasteiger partial charge on any atom is 0.237 e. The fourth-order valence-electron chi connectivity index (χ4n) is 2.08. The van der Waals surface area contributed by atoms with Crippen LogP contribution in [-0.2, 0) is 16.0 Å². The molecule has 2 rings (SSSR count). The molecule has 1 amide bonds. The van der Waals surface area contributed by atoms with Crippen LogP contribution in [0.1, 0.15) is 12.0 Å². The van der Waals surface area contributed by atoms with E-state index in [1.54, 1.807) is 0 Å². The van der Waals surface area contributed by atoms with Crippen molar-refractivity contribution in [1.29, 1.82) is 0 Å². The van der Waals surface area contributed by atoms with Crippen LogP contribution in [0.5, 0.6) is 0 Å². The Hall–Kier alpha value is -1.43. The molecule has 0 aliphatic carbocycles. The van der Waals surface area contributed by atoms with Crippen LogP contribution in [0.3, 0.4) is 0 Å². The molecule has 1 aliphatic heterocycles. The average molecular weight is 264 g/mol. The highest BCUT2D eigenvalue weighted by molar-refractivity contribution is 5.81. The van der Waals surface area contributed by atoms with Crippen molar-refractivity contribution in [3.63, 3.8) is 0 Å². The minimum atomic E-state index is -0.942. The lowest BCUT2D eigenvalue weighted by Gasteiger charge is -2.22. The summed E-state index contributed by atoms with van der Waals surface area (Å²) in [6.45, 7) is 0.984. The van der Waals surface area contributed by atoms with Crippen LogP contribution in [-0.4, -0.2) is 42.4 Å². The smallest absolute Gasteiger partial charge is 0.237 e. The molecule has 5 heteroatoms. The zero-order chi connectivity index (χ0) is 13.7. The number of carbonyl (C=O) groups excluding carboxylic acids is 1. The van der Waals surface area contributed by atoms with Gasteiger partial charge in [-0.05, 0) is 12.0 Å². The summed E-state index contributed by atoms with van der Waals surface area (Å²) in [4.78, 5) is 11.9. The van der Waals surface area contributed by atoms with Gasteiger partial charge in [0, 0.05) is 19.6 Å². The molecule has 0 saturated carbocycles. The van der Waals surface area contributed by atoms with Gasteiger partial charge in [-0.15, -0.1) is 0 Å². The van der Waals surface area contributed by atoms with Gasteiger partial charge in [-0.1, -0.05) is 30.3 Å². The highest BCUT2D eigenvalue weighted by Crippen LogP contribution is 2.16. The molecule has 0 aromatic heterocycles. The molecule has 5 nitrogen and oxygen atoms in total. The molecule has 104 valence electrons. The zero-order valence-corrected chi connectivity index (χ0v) is 10.8. The Morgan fingerprint density at radius 3 is 2.84 bits per heavy atom. The van der Waals surface area contributed by atoms with Gasteiger partial charge in [0.25, 0.3) is 0 Å². The molecule has 0 spiro atoms. The molecular weight excluding hydrogens is 244 g/mol.